The van der Waals surface area contributed by atoms with Crippen LogP contribution in [0.25, 0.3) is 0 Å². The van der Waals surface area contributed by atoms with Gasteiger partial charge in [0.25, 0.3) is 5.69 Å². The van der Waals surface area contributed by atoms with Gasteiger partial charge in [-0.1, -0.05) is 12.1 Å². The van der Waals surface area contributed by atoms with Crippen molar-refractivity contribution in [1.29, 1.82) is 0 Å². The lowest BCUT2D eigenvalue weighted by Crippen LogP contribution is -2.04. The Morgan fingerprint density at radius 3 is 2.59 bits per heavy atom. The highest BCUT2D eigenvalue weighted by Crippen LogP contribution is 2.26. The largest absolute Gasteiger partial charge is 0.375 e. The van der Waals surface area contributed by atoms with Crippen LogP contribution in [0.2, 0.25) is 0 Å². The van der Waals surface area contributed by atoms with Gasteiger partial charge in [0.15, 0.2) is 5.78 Å². The van der Waals surface area contributed by atoms with E-state index in [9.17, 15) is 19.3 Å². The summed E-state index contributed by atoms with van der Waals surface area (Å²) < 4.78 is 13.5. The molecule has 0 spiro atoms. The number of halogens is 1. The molecule has 0 unspecified atom stereocenters. The van der Waals surface area contributed by atoms with Crippen molar-refractivity contribution in [2.75, 3.05) is 5.32 Å². The first-order valence-corrected chi connectivity index (χ1v) is 6.67. The van der Waals surface area contributed by atoms with Gasteiger partial charge in [-0.15, -0.1) is 0 Å². The maximum atomic E-state index is 13.5. The maximum absolute atomic E-state index is 13.5. The molecular formula is C16H15FN2O3. The first-order valence-electron chi connectivity index (χ1n) is 6.67. The minimum Gasteiger partial charge on any atom is -0.375 e. The number of hydrogen-bond acceptors (Lipinski definition) is 4. The molecule has 2 aromatic rings. The molecule has 0 saturated heterocycles. The monoisotopic (exact) mass is 302 g/mol. The number of ketones is 1. The molecule has 0 aliphatic carbocycles. The van der Waals surface area contributed by atoms with E-state index in [1.54, 1.807) is 19.1 Å². The predicted octanol–water partition coefficient (Wildman–Crippen LogP) is 3.86. The number of benzene rings is 2. The SMILES string of the molecule is CC(=O)c1ccc(NCc2ccc(C)c(F)c2)c([N+](=O)[O-])c1. The molecule has 0 aliphatic heterocycles. The fraction of sp³-hybridized carbons (Fsp3) is 0.188. The second-order valence-electron chi connectivity index (χ2n) is 4.98. The fourth-order valence-electron chi connectivity index (χ4n) is 1.99. The molecule has 0 fully saturated rings. The van der Waals surface area contributed by atoms with Gasteiger partial charge in [-0.25, -0.2) is 4.39 Å². The normalized spacial score (nSPS) is 10.3. The number of nitrogens with zero attached hydrogens (tertiary/aromatic N) is 1. The third-order valence-corrected chi connectivity index (χ3v) is 3.32. The Labute approximate surface area is 126 Å². The summed E-state index contributed by atoms with van der Waals surface area (Å²) in [5, 5.41) is 14.0. The van der Waals surface area contributed by atoms with E-state index in [1.165, 1.54) is 31.2 Å². The molecule has 0 aliphatic rings. The smallest absolute Gasteiger partial charge is 0.293 e. The van der Waals surface area contributed by atoms with Crippen LogP contribution in [0, 0.1) is 22.9 Å². The molecule has 1 N–H and O–H groups in total. The molecule has 6 heteroatoms. The number of Topliss-reactive ketones (excluding diaryl/α,β-unsaturated/α-hetero) is 1. The van der Waals surface area contributed by atoms with Crippen LogP contribution in [-0.4, -0.2) is 10.7 Å². The van der Waals surface area contributed by atoms with Gasteiger partial charge in [0.1, 0.15) is 11.5 Å². The van der Waals surface area contributed by atoms with E-state index in [1.807, 2.05) is 0 Å². The summed E-state index contributed by atoms with van der Waals surface area (Å²) in [7, 11) is 0. The van der Waals surface area contributed by atoms with Gasteiger partial charge < -0.3 is 5.32 Å². The quantitative estimate of drug-likeness (QED) is 0.517. The van der Waals surface area contributed by atoms with Crippen LogP contribution in [0.1, 0.15) is 28.4 Å². The minimum atomic E-state index is -0.551. The predicted molar refractivity (Wildman–Crippen MR) is 81.6 cm³/mol. The first-order chi connectivity index (χ1) is 10.4. The number of nitro groups is 1. The summed E-state index contributed by atoms with van der Waals surface area (Å²) in [5.74, 6) is -0.559. The highest BCUT2D eigenvalue weighted by Gasteiger charge is 2.16. The van der Waals surface area contributed by atoms with E-state index in [0.717, 1.165) is 0 Å². The summed E-state index contributed by atoms with van der Waals surface area (Å²) in [6.45, 7) is 3.26. The summed E-state index contributed by atoms with van der Waals surface area (Å²) in [6.07, 6.45) is 0. The number of nitro benzene ring substituents is 1. The van der Waals surface area contributed by atoms with Crippen LogP contribution >= 0.6 is 0 Å². The van der Waals surface area contributed by atoms with Gasteiger partial charge in [0.2, 0.25) is 0 Å². The van der Waals surface area contributed by atoms with Gasteiger partial charge in [-0.05, 0) is 43.2 Å². The van der Waals surface area contributed by atoms with Crippen LogP contribution in [-0.2, 0) is 6.54 Å². The maximum Gasteiger partial charge on any atom is 0.293 e. The highest BCUT2D eigenvalue weighted by molar-refractivity contribution is 5.95. The van der Waals surface area contributed by atoms with Gasteiger partial charge in [0.05, 0.1) is 4.92 Å². The van der Waals surface area contributed by atoms with Crippen molar-refractivity contribution in [2.45, 2.75) is 20.4 Å². The first kappa shape index (κ1) is 15.6. The van der Waals surface area contributed by atoms with E-state index in [2.05, 4.69) is 5.32 Å². The molecule has 0 bridgehead atoms. The summed E-state index contributed by atoms with van der Waals surface area (Å²) in [6, 6.07) is 9.03. The van der Waals surface area contributed by atoms with Crippen molar-refractivity contribution in [3.05, 3.63) is 69.0 Å². The lowest BCUT2D eigenvalue weighted by Gasteiger charge is -2.09. The second kappa shape index (κ2) is 6.34. The van der Waals surface area contributed by atoms with Crippen molar-refractivity contribution < 1.29 is 14.1 Å². The summed E-state index contributed by atoms with van der Waals surface area (Å²) in [4.78, 5) is 21.8. The molecule has 114 valence electrons. The zero-order chi connectivity index (χ0) is 16.3. The third kappa shape index (κ3) is 3.46. The minimum absolute atomic E-state index is 0.180. The molecule has 2 rings (SSSR count). The Hall–Kier alpha value is -2.76. The van der Waals surface area contributed by atoms with Crippen LogP contribution in [0.4, 0.5) is 15.8 Å². The Morgan fingerprint density at radius 1 is 1.27 bits per heavy atom. The van der Waals surface area contributed by atoms with Gasteiger partial charge in [0, 0.05) is 18.2 Å². The molecule has 0 aromatic heterocycles. The molecule has 0 saturated carbocycles. The van der Waals surface area contributed by atoms with E-state index < -0.39 is 4.92 Å². The topological polar surface area (TPSA) is 72.2 Å². The average Bonchev–Trinajstić information content (AvgIpc) is 2.48. The average molecular weight is 302 g/mol. The van der Waals surface area contributed by atoms with Crippen LogP contribution in [0.15, 0.2) is 36.4 Å². The van der Waals surface area contributed by atoms with Crippen LogP contribution < -0.4 is 5.32 Å². The zero-order valence-electron chi connectivity index (χ0n) is 12.2. The fourth-order valence-corrected chi connectivity index (χ4v) is 1.99. The van der Waals surface area contributed by atoms with E-state index in [4.69, 9.17) is 0 Å². The zero-order valence-corrected chi connectivity index (χ0v) is 12.2. The van der Waals surface area contributed by atoms with E-state index >= 15 is 0 Å². The molecule has 5 nitrogen and oxygen atoms in total. The number of nitrogens with one attached hydrogen (secondary N) is 1. The second-order valence-corrected chi connectivity index (χ2v) is 4.98. The lowest BCUT2D eigenvalue weighted by atomic mass is 10.1. The number of carbonyl (C=O) groups is 1. The number of aryl methyl sites for hydroxylation is 1. The van der Waals surface area contributed by atoms with Crippen molar-refractivity contribution in [2.24, 2.45) is 0 Å². The summed E-state index contributed by atoms with van der Waals surface area (Å²) in [5.41, 5.74) is 1.60. The summed E-state index contributed by atoms with van der Waals surface area (Å²) >= 11 is 0. The van der Waals surface area contributed by atoms with E-state index in [0.29, 0.717) is 11.1 Å². The van der Waals surface area contributed by atoms with Crippen LogP contribution in [0.5, 0.6) is 0 Å². The van der Waals surface area contributed by atoms with Crippen molar-refractivity contribution in [3.63, 3.8) is 0 Å². The molecule has 0 heterocycles. The van der Waals surface area contributed by atoms with Gasteiger partial charge >= 0.3 is 0 Å². The number of hydrogen-bond donors (Lipinski definition) is 1. The molecule has 2 aromatic carbocycles. The lowest BCUT2D eigenvalue weighted by molar-refractivity contribution is -0.384. The van der Waals surface area contributed by atoms with Gasteiger partial charge in [-0.3, -0.25) is 14.9 Å². The van der Waals surface area contributed by atoms with E-state index in [-0.39, 0.29) is 35.1 Å². The molecular weight excluding hydrogens is 287 g/mol. The number of carbonyl (C=O) groups excluding carboxylic acids is 1. The van der Waals surface area contributed by atoms with Crippen molar-refractivity contribution in [1.82, 2.24) is 0 Å². The molecule has 22 heavy (non-hydrogen) atoms. The Bertz CT molecular complexity index is 744. The standard InChI is InChI=1S/C16H15FN2O3/c1-10-3-4-12(7-14(10)17)9-18-15-6-5-13(11(2)20)8-16(15)19(21)22/h3-8,18H,9H2,1-2H3. The highest BCUT2D eigenvalue weighted by atomic mass is 19.1. The van der Waals surface area contributed by atoms with Crippen molar-refractivity contribution in [3.8, 4) is 0 Å². The molecule has 0 amide bonds. The van der Waals surface area contributed by atoms with Crippen LogP contribution in [0.3, 0.4) is 0 Å². The Balaban J connectivity index is 2.23. The van der Waals surface area contributed by atoms with Crippen molar-refractivity contribution >= 4 is 17.2 Å². The van der Waals surface area contributed by atoms with Gasteiger partial charge in [-0.2, -0.15) is 0 Å². The number of anilines is 1. The third-order valence-electron chi connectivity index (χ3n) is 3.32. The molecule has 0 radical (unpaired) electrons. The number of rotatable bonds is 5. The molecule has 0 atom stereocenters. The Morgan fingerprint density at radius 2 is 2.00 bits per heavy atom. The Kier molecular flexibility index (Phi) is 4.50.